The lowest BCUT2D eigenvalue weighted by Crippen LogP contribution is -2.20. The van der Waals surface area contributed by atoms with Crippen molar-refractivity contribution in [3.05, 3.63) is 56.9 Å². The second-order valence-corrected chi connectivity index (χ2v) is 7.61. The second kappa shape index (κ2) is 7.42. The predicted octanol–water partition coefficient (Wildman–Crippen LogP) is 3.01. The summed E-state index contributed by atoms with van der Waals surface area (Å²) < 4.78 is 3.18. The second-order valence-electron chi connectivity index (χ2n) is 5.82. The Labute approximate surface area is 172 Å². The Kier molecular flexibility index (Phi) is 4.96. The number of benzene rings is 1. The molecule has 4 rings (SSSR count). The number of aromatic nitrogens is 5. The zero-order chi connectivity index (χ0) is 19.8. The summed E-state index contributed by atoms with van der Waals surface area (Å²) in [5, 5.41) is 12.5. The van der Waals surface area contributed by atoms with E-state index in [4.69, 9.17) is 23.2 Å². The van der Waals surface area contributed by atoms with E-state index in [1.54, 1.807) is 23.6 Å². The predicted molar refractivity (Wildman–Crippen MR) is 109 cm³/mol. The number of rotatable bonds is 4. The lowest BCUT2D eigenvalue weighted by Gasteiger charge is -2.08. The third kappa shape index (κ3) is 3.32. The number of anilines is 1. The molecule has 0 aliphatic rings. The summed E-state index contributed by atoms with van der Waals surface area (Å²) in [5.74, 6) is 0.371. The Bertz CT molecular complexity index is 1290. The van der Waals surface area contributed by atoms with Crippen molar-refractivity contribution >= 4 is 63.4 Å². The summed E-state index contributed by atoms with van der Waals surface area (Å²) in [5.41, 5.74) is 0.518. The maximum absolute atomic E-state index is 12.5. The van der Waals surface area contributed by atoms with E-state index in [2.05, 4.69) is 20.5 Å². The number of para-hydroxylation sites is 1. The van der Waals surface area contributed by atoms with Crippen molar-refractivity contribution < 1.29 is 4.79 Å². The van der Waals surface area contributed by atoms with E-state index in [9.17, 15) is 9.59 Å². The van der Waals surface area contributed by atoms with Gasteiger partial charge in [0.15, 0.2) is 11.0 Å². The number of carbonyl (C=O) groups is 1. The molecule has 3 aromatic heterocycles. The Balaban J connectivity index is 1.62. The van der Waals surface area contributed by atoms with Crippen LogP contribution in [0.25, 0.3) is 16.7 Å². The fraction of sp³-hybridized carbons (Fsp3) is 0.118. The number of hydrogen-bond acceptors (Lipinski definition) is 6. The van der Waals surface area contributed by atoms with Crippen LogP contribution in [0, 0.1) is 0 Å². The van der Waals surface area contributed by atoms with Crippen molar-refractivity contribution in [2.75, 3.05) is 11.1 Å². The number of halogens is 2. The van der Waals surface area contributed by atoms with Gasteiger partial charge in [-0.1, -0.05) is 47.1 Å². The molecule has 1 aromatic carbocycles. The number of hydrogen-bond donors (Lipinski definition) is 1. The van der Waals surface area contributed by atoms with Crippen LogP contribution < -0.4 is 10.9 Å². The summed E-state index contributed by atoms with van der Waals surface area (Å²) >= 11 is 13.0. The molecule has 28 heavy (non-hydrogen) atoms. The van der Waals surface area contributed by atoms with E-state index in [1.807, 2.05) is 12.1 Å². The molecule has 142 valence electrons. The Morgan fingerprint density at radius 1 is 1.25 bits per heavy atom. The number of pyridine rings is 1. The van der Waals surface area contributed by atoms with Crippen molar-refractivity contribution in [2.24, 2.45) is 7.05 Å². The SMILES string of the molecule is Cn1c(=O)c2ccccc2n2c(SCC(=O)Nc3ncc(Cl)cc3Cl)nnc12. The Hall–Kier alpha value is -2.62. The molecule has 4 aromatic rings. The minimum Gasteiger partial charge on any atom is -0.309 e. The molecule has 3 heterocycles. The maximum Gasteiger partial charge on any atom is 0.262 e. The fourth-order valence-electron chi connectivity index (χ4n) is 2.71. The summed E-state index contributed by atoms with van der Waals surface area (Å²) in [6.45, 7) is 0. The minimum absolute atomic E-state index is 0.0542. The molecule has 0 radical (unpaired) electrons. The largest absolute Gasteiger partial charge is 0.309 e. The normalized spacial score (nSPS) is 11.2. The van der Waals surface area contributed by atoms with E-state index >= 15 is 0 Å². The number of nitrogens with zero attached hydrogens (tertiary/aromatic N) is 5. The first kappa shape index (κ1) is 18.7. The Morgan fingerprint density at radius 3 is 2.82 bits per heavy atom. The van der Waals surface area contributed by atoms with Crippen LogP contribution in [0.15, 0.2) is 46.5 Å². The van der Waals surface area contributed by atoms with E-state index in [0.717, 1.165) is 0 Å². The minimum atomic E-state index is -0.312. The van der Waals surface area contributed by atoms with Crippen LogP contribution in [0.4, 0.5) is 5.82 Å². The molecule has 11 heteroatoms. The van der Waals surface area contributed by atoms with E-state index in [1.165, 1.54) is 28.6 Å². The van der Waals surface area contributed by atoms with Crippen molar-refractivity contribution in [3.8, 4) is 0 Å². The molecule has 0 fully saturated rings. The van der Waals surface area contributed by atoms with E-state index in [-0.39, 0.29) is 28.1 Å². The van der Waals surface area contributed by atoms with Crippen LogP contribution in [0.5, 0.6) is 0 Å². The summed E-state index contributed by atoms with van der Waals surface area (Å²) in [7, 11) is 1.63. The van der Waals surface area contributed by atoms with E-state index < -0.39 is 0 Å². The van der Waals surface area contributed by atoms with Crippen molar-refractivity contribution in [1.82, 2.24) is 24.1 Å². The first-order valence-electron chi connectivity index (χ1n) is 8.02. The van der Waals surface area contributed by atoms with Crippen molar-refractivity contribution in [2.45, 2.75) is 5.16 Å². The van der Waals surface area contributed by atoms with Crippen LogP contribution in [-0.2, 0) is 11.8 Å². The maximum atomic E-state index is 12.5. The molecule has 0 bridgehead atoms. The zero-order valence-corrected chi connectivity index (χ0v) is 16.7. The first-order valence-corrected chi connectivity index (χ1v) is 9.76. The molecular weight excluding hydrogens is 423 g/mol. The number of carbonyl (C=O) groups excluding carboxylic acids is 1. The number of thioether (sulfide) groups is 1. The molecule has 8 nitrogen and oxygen atoms in total. The molecule has 0 atom stereocenters. The lowest BCUT2D eigenvalue weighted by atomic mass is 10.2. The molecule has 0 aliphatic heterocycles. The van der Waals surface area contributed by atoms with Gasteiger partial charge in [0.2, 0.25) is 11.7 Å². The van der Waals surface area contributed by atoms with Gasteiger partial charge in [-0.2, -0.15) is 0 Å². The van der Waals surface area contributed by atoms with Crippen LogP contribution in [0.1, 0.15) is 0 Å². The highest BCUT2D eigenvalue weighted by Gasteiger charge is 2.16. The Morgan fingerprint density at radius 2 is 2.04 bits per heavy atom. The van der Waals surface area contributed by atoms with Crippen molar-refractivity contribution in [3.63, 3.8) is 0 Å². The van der Waals surface area contributed by atoms with Crippen LogP contribution >= 0.6 is 35.0 Å². The molecule has 1 amide bonds. The molecule has 1 N–H and O–H groups in total. The van der Waals surface area contributed by atoms with E-state index in [0.29, 0.717) is 26.9 Å². The number of aryl methyl sites for hydroxylation is 1. The molecule has 0 aliphatic carbocycles. The summed E-state index contributed by atoms with van der Waals surface area (Å²) in [6, 6.07) is 8.68. The van der Waals surface area contributed by atoms with Crippen LogP contribution in [0.3, 0.4) is 0 Å². The van der Waals surface area contributed by atoms with Gasteiger partial charge in [0.25, 0.3) is 5.56 Å². The lowest BCUT2D eigenvalue weighted by molar-refractivity contribution is -0.113. The number of fused-ring (bicyclic) bond motifs is 3. The van der Waals surface area contributed by atoms with Gasteiger partial charge in [-0.25, -0.2) is 4.98 Å². The van der Waals surface area contributed by atoms with Gasteiger partial charge >= 0.3 is 0 Å². The number of amides is 1. The molecular formula is C17H12Cl2N6O2S. The van der Waals surface area contributed by atoms with Gasteiger partial charge in [0.1, 0.15) is 0 Å². The van der Waals surface area contributed by atoms with Gasteiger partial charge in [-0.3, -0.25) is 18.6 Å². The molecule has 0 saturated carbocycles. The van der Waals surface area contributed by atoms with Crippen molar-refractivity contribution in [1.29, 1.82) is 0 Å². The first-order chi connectivity index (χ1) is 13.5. The third-order valence-corrected chi connectivity index (χ3v) is 5.42. The van der Waals surface area contributed by atoms with Crippen LogP contribution in [0.2, 0.25) is 10.0 Å². The molecule has 0 spiro atoms. The molecule has 0 unspecified atom stereocenters. The zero-order valence-electron chi connectivity index (χ0n) is 14.4. The topological polar surface area (TPSA) is 94.2 Å². The van der Waals surface area contributed by atoms with Gasteiger partial charge in [0.05, 0.1) is 26.7 Å². The van der Waals surface area contributed by atoms with Gasteiger partial charge in [0, 0.05) is 13.2 Å². The standard InChI is InChI=1S/C17H12Cl2N6O2S/c1-24-15(27)10-4-2-3-5-12(10)25-16(24)22-23-17(25)28-8-13(26)21-14-11(19)6-9(18)7-20-14/h2-7H,8H2,1H3,(H,20,21,26). The van der Waals surface area contributed by atoms with Gasteiger partial charge in [-0.15, -0.1) is 10.2 Å². The molecule has 0 saturated heterocycles. The smallest absolute Gasteiger partial charge is 0.262 e. The summed E-state index contributed by atoms with van der Waals surface area (Å²) in [4.78, 5) is 28.7. The fourth-order valence-corrected chi connectivity index (χ4v) is 3.88. The highest BCUT2D eigenvalue weighted by Crippen LogP contribution is 2.24. The van der Waals surface area contributed by atoms with Gasteiger partial charge in [-0.05, 0) is 18.2 Å². The average Bonchev–Trinajstić information content (AvgIpc) is 3.11. The monoisotopic (exact) mass is 434 g/mol. The van der Waals surface area contributed by atoms with Gasteiger partial charge < -0.3 is 5.32 Å². The quantitative estimate of drug-likeness (QED) is 0.496. The van der Waals surface area contributed by atoms with Crippen LogP contribution in [-0.4, -0.2) is 35.8 Å². The summed E-state index contributed by atoms with van der Waals surface area (Å²) in [6.07, 6.45) is 1.40. The third-order valence-electron chi connectivity index (χ3n) is 3.99. The number of nitrogens with one attached hydrogen (secondary N) is 1. The highest BCUT2D eigenvalue weighted by molar-refractivity contribution is 7.99. The highest BCUT2D eigenvalue weighted by atomic mass is 35.5. The average molecular weight is 435 g/mol.